The summed E-state index contributed by atoms with van der Waals surface area (Å²) in [5, 5.41) is 2.48. The zero-order valence-electron chi connectivity index (χ0n) is 16.6. The molecule has 29 heavy (non-hydrogen) atoms. The highest BCUT2D eigenvalue weighted by Crippen LogP contribution is 2.33. The quantitative estimate of drug-likeness (QED) is 0.507. The van der Waals surface area contributed by atoms with Crippen LogP contribution in [0.4, 0.5) is 21.6 Å². The average molecular weight is 533 g/mol. The van der Waals surface area contributed by atoms with Crippen molar-refractivity contribution in [2.75, 3.05) is 10.0 Å². The summed E-state index contributed by atoms with van der Waals surface area (Å²) in [6.45, 7) is 3.89. The normalized spacial score (nSPS) is 15.6. The summed E-state index contributed by atoms with van der Waals surface area (Å²) in [6.07, 6.45) is 2.86. The van der Waals surface area contributed by atoms with Gasteiger partial charge in [0.25, 0.3) is 5.56 Å². The fraction of sp³-hybridized carbons (Fsp3) is 0.450. The molecule has 2 aromatic rings. The van der Waals surface area contributed by atoms with Gasteiger partial charge in [0.1, 0.15) is 11.6 Å². The van der Waals surface area contributed by atoms with Crippen molar-refractivity contribution < 1.29 is 12.8 Å². The second-order valence-electron chi connectivity index (χ2n) is 7.48. The summed E-state index contributed by atoms with van der Waals surface area (Å²) in [5.74, 6) is -0.307. The highest BCUT2D eigenvalue weighted by molar-refractivity contribution is 14.1. The standard InChI is InChI=1S/C20H25FIN3O3S/c1-4-12(2)15-11-18(24-29(27,28)14-6-5-7-14)19(25(3)20(15)26)23-17-9-8-13(22)10-16(17)21/h8-12,14,23-24H,4-7H2,1-3H3. The Morgan fingerprint density at radius 3 is 2.52 bits per heavy atom. The molecule has 1 aromatic carbocycles. The van der Waals surface area contributed by atoms with Gasteiger partial charge < -0.3 is 5.32 Å². The van der Waals surface area contributed by atoms with Gasteiger partial charge in [-0.3, -0.25) is 14.1 Å². The molecular formula is C20H25FIN3O3S. The lowest BCUT2D eigenvalue weighted by Gasteiger charge is -2.27. The van der Waals surface area contributed by atoms with Gasteiger partial charge in [0.15, 0.2) is 0 Å². The third-order valence-corrected chi connectivity index (χ3v) is 8.04. The van der Waals surface area contributed by atoms with Gasteiger partial charge in [-0.15, -0.1) is 0 Å². The Hall–Kier alpha value is -1.62. The predicted octanol–water partition coefficient (Wildman–Crippen LogP) is 4.68. The Morgan fingerprint density at radius 2 is 1.97 bits per heavy atom. The van der Waals surface area contributed by atoms with Crippen molar-refractivity contribution in [1.29, 1.82) is 0 Å². The predicted molar refractivity (Wildman–Crippen MR) is 123 cm³/mol. The zero-order valence-corrected chi connectivity index (χ0v) is 19.6. The molecule has 1 fully saturated rings. The summed E-state index contributed by atoms with van der Waals surface area (Å²) < 4.78 is 44.6. The Balaban J connectivity index is 2.11. The summed E-state index contributed by atoms with van der Waals surface area (Å²) in [5.41, 5.74) is 0.711. The van der Waals surface area contributed by atoms with E-state index in [9.17, 15) is 17.6 Å². The topological polar surface area (TPSA) is 80.2 Å². The minimum Gasteiger partial charge on any atom is -0.337 e. The fourth-order valence-electron chi connectivity index (χ4n) is 3.20. The summed E-state index contributed by atoms with van der Waals surface area (Å²) in [7, 11) is -2.03. The smallest absolute Gasteiger partial charge is 0.255 e. The van der Waals surface area contributed by atoms with Crippen molar-refractivity contribution in [2.24, 2.45) is 7.05 Å². The molecular weight excluding hydrogens is 508 g/mol. The van der Waals surface area contributed by atoms with E-state index in [0.29, 0.717) is 18.4 Å². The minimum absolute atomic E-state index is 0.0373. The minimum atomic E-state index is -3.59. The van der Waals surface area contributed by atoms with Gasteiger partial charge in [0, 0.05) is 16.2 Å². The molecule has 0 amide bonds. The highest BCUT2D eigenvalue weighted by Gasteiger charge is 2.32. The number of halogens is 2. The van der Waals surface area contributed by atoms with E-state index < -0.39 is 21.1 Å². The molecule has 9 heteroatoms. The van der Waals surface area contributed by atoms with E-state index in [2.05, 4.69) is 10.0 Å². The second kappa shape index (κ2) is 8.63. The molecule has 6 nitrogen and oxygen atoms in total. The number of sulfonamides is 1. The maximum atomic E-state index is 14.4. The number of aromatic nitrogens is 1. The molecule has 0 saturated heterocycles. The summed E-state index contributed by atoms with van der Waals surface area (Å²) in [6, 6.07) is 6.25. The number of hydrogen-bond acceptors (Lipinski definition) is 4. The number of nitrogens with one attached hydrogen (secondary N) is 2. The molecule has 1 heterocycles. The summed E-state index contributed by atoms with van der Waals surface area (Å²) in [4.78, 5) is 12.9. The molecule has 1 aliphatic rings. The number of anilines is 3. The first-order valence-electron chi connectivity index (χ1n) is 9.61. The van der Waals surface area contributed by atoms with Crippen LogP contribution in [0.25, 0.3) is 0 Å². The molecule has 1 aromatic heterocycles. The molecule has 1 aliphatic carbocycles. The third kappa shape index (κ3) is 4.60. The van der Waals surface area contributed by atoms with E-state index in [4.69, 9.17) is 0 Å². The first-order valence-corrected chi connectivity index (χ1v) is 12.2. The van der Waals surface area contributed by atoms with Gasteiger partial charge >= 0.3 is 0 Å². The van der Waals surface area contributed by atoms with Gasteiger partial charge in [-0.1, -0.05) is 20.3 Å². The van der Waals surface area contributed by atoms with Gasteiger partial charge in [-0.05, 0) is 72.0 Å². The second-order valence-corrected chi connectivity index (χ2v) is 10.7. The highest BCUT2D eigenvalue weighted by atomic mass is 127. The van der Waals surface area contributed by atoms with E-state index in [1.807, 2.05) is 36.4 Å². The number of rotatable bonds is 7. The van der Waals surface area contributed by atoms with Crippen LogP contribution in [0, 0.1) is 9.39 Å². The van der Waals surface area contributed by atoms with Crippen LogP contribution in [0.5, 0.6) is 0 Å². The fourth-order valence-corrected chi connectivity index (χ4v) is 5.24. The van der Waals surface area contributed by atoms with E-state index in [1.165, 1.54) is 10.6 Å². The summed E-state index contributed by atoms with van der Waals surface area (Å²) >= 11 is 2.01. The van der Waals surface area contributed by atoms with Gasteiger partial charge in [0.2, 0.25) is 10.0 Å². The lowest BCUT2D eigenvalue weighted by Crippen LogP contribution is -2.34. The first-order chi connectivity index (χ1) is 13.6. The molecule has 0 aliphatic heterocycles. The molecule has 0 bridgehead atoms. The van der Waals surface area contributed by atoms with Gasteiger partial charge in [0.05, 0.1) is 16.6 Å². The van der Waals surface area contributed by atoms with Crippen molar-refractivity contribution >= 4 is 49.8 Å². The molecule has 3 rings (SSSR count). The van der Waals surface area contributed by atoms with Crippen molar-refractivity contribution in [3.05, 3.63) is 49.6 Å². The van der Waals surface area contributed by atoms with Crippen LogP contribution >= 0.6 is 22.6 Å². The number of pyridine rings is 1. The van der Waals surface area contributed by atoms with Gasteiger partial charge in [-0.25, -0.2) is 12.8 Å². The van der Waals surface area contributed by atoms with Gasteiger partial charge in [-0.2, -0.15) is 0 Å². The van der Waals surface area contributed by atoms with E-state index in [0.717, 1.165) is 16.4 Å². The van der Waals surface area contributed by atoms with E-state index in [-0.39, 0.29) is 28.7 Å². The maximum absolute atomic E-state index is 14.4. The largest absolute Gasteiger partial charge is 0.337 e. The van der Waals surface area contributed by atoms with E-state index >= 15 is 0 Å². The molecule has 1 atom stereocenters. The molecule has 2 N–H and O–H groups in total. The lowest BCUT2D eigenvalue weighted by molar-refractivity contribution is 0.479. The molecule has 0 radical (unpaired) electrons. The third-order valence-electron chi connectivity index (χ3n) is 5.51. The van der Waals surface area contributed by atoms with Crippen molar-refractivity contribution in [3.63, 3.8) is 0 Å². The van der Waals surface area contributed by atoms with Crippen LogP contribution < -0.4 is 15.6 Å². The molecule has 1 saturated carbocycles. The molecule has 0 spiro atoms. The van der Waals surface area contributed by atoms with Crippen LogP contribution in [0.3, 0.4) is 0 Å². The van der Waals surface area contributed by atoms with Crippen molar-refractivity contribution in [3.8, 4) is 0 Å². The SMILES string of the molecule is CCC(C)c1cc(NS(=O)(=O)C2CCC2)c(Nc2ccc(I)cc2F)n(C)c1=O. The Morgan fingerprint density at radius 1 is 1.28 bits per heavy atom. The Bertz CT molecular complexity index is 1080. The molecule has 1 unspecified atom stereocenters. The van der Waals surface area contributed by atoms with Crippen LogP contribution in [-0.2, 0) is 17.1 Å². The number of nitrogens with zero attached hydrogens (tertiary/aromatic N) is 1. The van der Waals surface area contributed by atoms with E-state index in [1.54, 1.807) is 25.2 Å². The monoisotopic (exact) mass is 533 g/mol. The zero-order chi connectivity index (χ0) is 21.3. The Kier molecular flexibility index (Phi) is 6.57. The number of benzene rings is 1. The average Bonchev–Trinajstić information content (AvgIpc) is 2.60. The van der Waals surface area contributed by atoms with Crippen LogP contribution in [0.2, 0.25) is 0 Å². The Labute approximate surface area is 184 Å². The number of hydrogen-bond donors (Lipinski definition) is 2. The first kappa shape index (κ1) is 22.1. The van der Waals surface area contributed by atoms with Crippen LogP contribution in [-0.4, -0.2) is 18.2 Å². The van der Waals surface area contributed by atoms with Crippen molar-refractivity contribution in [2.45, 2.75) is 50.7 Å². The maximum Gasteiger partial charge on any atom is 0.255 e. The van der Waals surface area contributed by atoms with Crippen LogP contribution in [0.1, 0.15) is 51.0 Å². The van der Waals surface area contributed by atoms with Crippen LogP contribution in [0.15, 0.2) is 29.1 Å². The lowest BCUT2D eigenvalue weighted by atomic mass is 9.99. The van der Waals surface area contributed by atoms with Crippen molar-refractivity contribution in [1.82, 2.24) is 4.57 Å². The molecule has 158 valence electrons.